The van der Waals surface area contributed by atoms with Gasteiger partial charge >= 0.3 is 0 Å². The number of ether oxygens (including phenoxy) is 2. The third kappa shape index (κ3) is 3.88. The van der Waals surface area contributed by atoms with Crippen LogP contribution in [0.5, 0.6) is 11.5 Å². The van der Waals surface area contributed by atoms with E-state index in [-0.39, 0.29) is 0 Å². The molecule has 19 heavy (non-hydrogen) atoms. The van der Waals surface area contributed by atoms with Crippen molar-refractivity contribution in [2.45, 2.75) is 19.1 Å². The molecule has 2 rings (SSSR count). The van der Waals surface area contributed by atoms with E-state index in [4.69, 9.17) is 9.47 Å². The van der Waals surface area contributed by atoms with Crippen LogP contribution in [-0.2, 0) is 12.2 Å². The lowest BCUT2D eigenvalue weighted by Gasteiger charge is -2.05. The summed E-state index contributed by atoms with van der Waals surface area (Å²) in [6.07, 6.45) is 0.825. The van der Waals surface area contributed by atoms with Crippen LogP contribution in [0.15, 0.2) is 24.3 Å². The molecule has 0 aliphatic heterocycles. The Morgan fingerprint density at radius 3 is 2.47 bits per heavy atom. The fraction of sp³-hybridized carbons (Fsp3) is 0.357. The average molecular weight is 295 g/mol. The molecule has 0 spiro atoms. The van der Waals surface area contributed by atoms with Gasteiger partial charge in [0, 0.05) is 17.1 Å². The summed E-state index contributed by atoms with van der Waals surface area (Å²) in [7, 11) is 1.65. The fourth-order valence-electron chi connectivity index (χ4n) is 1.67. The van der Waals surface area contributed by atoms with Gasteiger partial charge in [0.2, 0.25) is 0 Å². The zero-order valence-corrected chi connectivity index (χ0v) is 12.8. The van der Waals surface area contributed by atoms with Gasteiger partial charge in [-0.25, -0.2) is 4.98 Å². The van der Waals surface area contributed by atoms with Gasteiger partial charge in [0.25, 0.3) is 0 Å². The van der Waals surface area contributed by atoms with Crippen molar-refractivity contribution in [1.29, 1.82) is 0 Å². The van der Waals surface area contributed by atoms with Crippen molar-refractivity contribution < 1.29 is 9.47 Å². The van der Waals surface area contributed by atoms with Crippen LogP contribution in [0.25, 0.3) is 0 Å². The Morgan fingerprint density at radius 2 is 1.89 bits per heavy atom. The lowest BCUT2D eigenvalue weighted by atomic mass is 10.3. The van der Waals surface area contributed by atoms with Gasteiger partial charge in [0.05, 0.1) is 24.4 Å². The number of aryl methyl sites for hydroxylation is 1. The van der Waals surface area contributed by atoms with E-state index in [1.807, 2.05) is 31.2 Å². The van der Waals surface area contributed by atoms with E-state index in [9.17, 15) is 0 Å². The second-order valence-electron chi connectivity index (χ2n) is 4.05. The number of nitrogens with zero attached hydrogens (tertiary/aromatic N) is 1. The van der Waals surface area contributed by atoms with Crippen LogP contribution in [0, 0.1) is 6.92 Å². The van der Waals surface area contributed by atoms with Crippen molar-refractivity contribution in [2.24, 2.45) is 0 Å². The van der Waals surface area contributed by atoms with Gasteiger partial charge in [0.15, 0.2) is 0 Å². The summed E-state index contributed by atoms with van der Waals surface area (Å²) in [5, 5.41) is 1.11. The molecule has 0 bridgehead atoms. The molecule has 0 atom stereocenters. The molecule has 1 aromatic carbocycles. The lowest BCUT2D eigenvalue weighted by Crippen LogP contribution is -2.01. The highest BCUT2D eigenvalue weighted by molar-refractivity contribution is 7.79. The number of rotatable bonds is 6. The van der Waals surface area contributed by atoms with Gasteiger partial charge in [0.1, 0.15) is 11.5 Å². The zero-order valence-electron chi connectivity index (χ0n) is 11.0. The third-order valence-corrected chi connectivity index (χ3v) is 4.47. The van der Waals surface area contributed by atoms with Crippen molar-refractivity contribution >= 4 is 24.0 Å². The topological polar surface area (TPSA) is 31.4 Å². The number of hydrogen-bond acceptors (Lipinski definition) is 5. The first-order chi connectivity index (χ1) is 9.22. The molecule has 5 heteroatoms. The summed E-state index contributed by atoms with van der Waals surface area (Å²) in [6, 6.07) is 7.60. The maximum atomic E-state index is 5.68. The number of benzene rings is 1. The van der Waals surface area contributed by atoms with E-state index in [2.05, 4.69) is 17.6 Å². The Labute approximate surface area is 123 Å². The van der Waals surface area contributed by atoms with E-state index >= 15 is 0 Å². The van der Waals surface area contributed by atoms with E-state index in [1.165, 1.54) is 4.88 Å². The Morgan fingerprint density at radius 1 is 1.21 bits per heavy atom. The van der Waals surface area contributed by atoms with Crippen molar-refractivity contribution in [3.05, 3.63) is 39.8 Å². The second kappa shape index (κ2) is 6.82. The summed E-state index contributed by atoms with van der Waals surface area (Å²) in [5.74, 6) is 2.44. The molecule has 1 aromatic heterocycles. The molecule has 0 aliphatic carbocycles. The molecule has 0 saturated carbocycles. The first kappa shape index (κ1) is 14.2. The highest BCUT2D eigenvalue weighted by atomic mass is 32.1. The SMILES string of the molecule is COc1ccc(OCCc2nc(C)c(CS)s2)cc1. The molecule has 0 unspecified atom stereocenters. The molecule has 0 N–H and O–H groups in total. The van der Waals surface area contributed by atoms with Gasteiger partial charge in [-0.1, -0.05) is 0 Å². The van der Waals surface area contributed by atoms with Crippen molar-refractivity contribution in [2.75, 3.05) is 13.7 Å². The molecule has 0 radical (unpaired) electrons. The largest absolute Gasteiger partial charge is 0.497 e. The van der Waals surface area contributed by atoms with Crippen LogP contribution < -0.4 is 9.47 Å². The van der Waals surface area contributed by atoms with E-state index in [0.717, 1.165) is 34.4 Å². The standard InChI is InChI=1S/C14H17NO2S2/c1-10-13(9-18)19-14(15-10)7-8-17-12-5-3-11(16-2)4-6-12/h3-6,18H,7-9H2,1-2H3. The van der Waals surface area contributed by atoms with Crippen LogP contribution in [0.4, 0.5) is 0 Å². The third-order valence-electron chi connectivity index (χ3n) is 2.72. The number of aromatic nitrogens is 1. The minimum atomic E-state index is 0.630. The first-order valence-electron chi connectivity index (χ1n) is 6.06. The van der Waals surface area contributed by atoms with E-state index in [0.29, 0.717) is 6.61 Å². The monoisotopic (exact) mass is 295 g/mol. The van der Waals surface area contributed by atoms with Crippen molar-refractivity contribution in [3.63, 3.8) is 0 Å². The molecule has 3 nitrogen and oxygen atoms in total. The Hall–Kier alpha value is -1.20. The lowest BCUT2D eigenvalue weighted by molar-refractivity contribution is 0.321. The van der Waals surface area contributed by atoms with Gasteiger partial charge < -0.3 is 9.47 Å². The van der Waals surface area contributed by atoms with Gasteiger partial charge in [-0.2, -0.15) is 12.6 Å². The smallest absolute Gasteiger partial charge is 0.119 e. The second-order valence-corrected chi connectivity index (χ2v) is 5.53. The Bertz CT molecular complexity index is 523. The summed E-state index contributed by atoms with van der Waals surface area (Å²) in [5.41, 5.74) is 1.08. The normalized spacial score (nSPS) is 10.5. The van der Waals surface area contributed by atoms with Gasteiger partial charge in [-0.05, 0) is 31.2 Å². The van der Waals surface area contributed by atoms with Crippen molar-refractivity contribution in [1.82, 2.24) is 4.98 Å². The fourth-order valence-corrected chi connectivity index (χ4v) is 3.00. The van der Waals surface area contributed by atoms with E-state index in [1.54, 1.807) is 18.4 Å². The van der Waals surface area contributed by atoms with Crippen molar-refractivity contribution in [3.8, 4) is 11.5 Å². The quantitative estimate of drug-likeness (QED) is 0.828. The molecule has 0 amide bonds. The highest BCUT2D eigenvalue weighted by Crippen LogP contribution is 2.21. The molecule has 1 heterocycles. The van der Waals surface area contributed by atoms with Crippen LogP contribution in [0.3, 0.4) is 0 Å². The minimum absolute atomic E-state index is 0.630. The van der Waals surface area contributed by atoms with Crippen LogP contribution >= 0.6 is 24.0 Å². The molecule has 0 fully saturated rings. The Balaban J connectivity index is 1.85. The predicted octanol–water partition coefficient (Wildman–Crippen LogP) is 3.51. The summed E-state index contributed by atoms with van der Waals surface area (Å²) < 4.78 is 10.8. The number of methoxy groups -OCH3 is 1. The average Bonchev–Trinajstić information content (AvgIpc) is 2.80. The van der Waals surface area contributed by atoms with Crippen LogP contribution in [0.1, 0.15) is 15.6 Å². The predicted molar refractivity (Wildman–Crippen MR) is 81.7 cm³/mol. The van der Waals surface area contributed by atoms with Crippen LogP contribution in [0.2, 0.25) is 0 Å². The molecular weight excluding hydrogens is 278 g/mol. The minimum Gasteiger partial charge on any atom is -0.497 e. The first-order valence-corrected chi connectivity index (χ1v) is 7.50. The molecule has 102 valence electrons. The maximum Gasteiger partial charge on any atom is 0.119 e. The highest BCUT2D eigenvalue weighted by Gasteiger charge is 2.06. The summed E-state index contributed by atoms with van der Waals surface area (Å²) in [6.45, 7) is 2.65. The number of thiol groups is 1. The molecule has 0 saturated heterocycles. The summed E-state index contributed by atoms with van der Waals surface area (Å²) >= 11 is 6.00. The summed E-state index contributed by atoms with van der Waals surface area (Å²) in [4.78, 5) is 5.75. The van der Waals surface area contributed by atoms with Crippen LogP contribution in [-0.4, -0.2) is 18.7 Å². The van der Waals surface area contributed by atoms with Gasteiger partial charge in [-0.15, -0.1) is 11.3 Å². The maximum absolute atomic E-state index is 5.68. The van der Waals surface area contributed by atoms with Gasteiger partial charge in [-0.3, -0.25) is 0 Å². The zero-order chi connectivity index (χ0) is 13.7. The molecule has 0 aliphatic rings. The van der Waals surface area contributed by atoms with E-state index < -0.39 is 0 Å². The number of thiazole rings is 1. The number of hydrogen-bond donors (Lipinski definition) is 1. The molecule has 2 aromatic rings. The Kier molecular flexibility index (Phi) is 5.10. The molecular formula is C14H17NO2S2.